The lowest BCUT2D eigenvalue weighted by atomic mass is 10.1. The van der Waals surface area contributed by atoms with Crippen LogP contribution in [-0.2, 0) is 10.0 Å². The van der Waals surface area contributed by atoms with Crippen molar-refractivity contribution in [1.29, 1.82) is 0 Å². The van der Waals surface area contributed by atoms with Gasteiger partial charge in [0.2, 0.25) is 10.0 Å². The predicted molar refractivity (Wildman–Crippen MR) is 78.4 cm³/mol. The third kappa shape index (κ3) is 2.82. The van der Waals surface area contributed by atoms with Crippen LogP contribution in [0.1, 0.15) is 24.0 Å². The van der Waals surface area contributed by atoms with Crippen molar-refractivity contribution in [2.75, 3.05) is 20.2 Å². The van der Waals surface area contributed by atoms with Crippen molar-refractivity contribution in [3.8, 4) is 5.75 Å². The summed E-state index contributed by atoms with van der Waals surface area (Å²) in [5.41, 5.74) is 7.31. The van der Waals surface area contributed by atoms with E-state index < -0.39 is 10.0 Å². The van der Waals surface area contributed by atoms with Crippen molar-refractivity contribution in [3.05, 3.63) is 23.3 Å². The van der Waals surface area contributed by atoms with Gasteiger partial charge < -0.3 is 10.5 Å². The minimum atomic E-state index is -3.48. The molecule has 2 N–H and O–H groups in total. The van der Waals surface area contributed by atoms with E-state index >= 15 is 0 Å². The maximum Gasteiger partial charge on any atom is 0.243 e. The summed E-state index contributed by atoms with van der Waals surface area (Å²) in [5, 5.41) is 0. The number of aryl methyl sites for hydroxylation is 2. The van der Waals surface area contributed by atoms with E-state index in [1.54, 1.807) is 33.1 Å². The highest BCUT2D eigenvalue weighted by molar-refractivity contribution is 7.89. The molecule has 0 bridgehead atoms. The molecule has 0 radical (unpaired) electrons. The molecule has 1 heterocycles. The molecule has 1 aromatic rings. The van der Waals surface area contributed by atoms with Crippen molar-refractivity contribution in [2.24, 2.45) is 5.73 Å². The summed E-state index contributed by atoms with van der Waals surface area (Å²) in [4.78, 5) is 0.382. The molecule has 6 heteroatoms. The number of sulfonamides is 1. The second kappa shape index (κ2) is 5.71. The second-order valence-corrected chi connectivity index (χ2v) is 7.23. The third-order valence-electron chi connectivity index (χ3n) is 3.69. The molecule has 0 aromatic heterocycles. The summed E-state index contributed by atoms with van der Waals surface area (Å²) >= 11 is 0. The van der Waals surface area contributed by atoms with Gasteiger partial charge in [0.15, 0.2) is 0 Å². The van der Waals surface area contributed by atoms with Gasteiger partial charge in [-0.3, -0.25) is 0 Å². The number of ether oxygens (including phenoxy) is 1. The van der Waals surface area contributed by atoms with Gasteiger partial charge in [-0.1, -0.05) is 0 Å². The molecule has 1 aromatic carbocycles. The molecule has 1 fully saturated rings. The van der Waals surface area contributed by atoms with E-state index in [2.05, 4.69) is 0 Å². The maximum absolute atomic E-state index is 12.8. The van der Waals surface area contributed by atoms with Crippen LogP contribution in [0.15, 0.2) is 17.0 Å². The number of piperidine rings is 1. The van der Waals surface area contributed by atoms with E-state index in [9.17, 15) is 8.42 Å². The van der Waals surface area contributed by atoms with Gasteiger partial charge in [0.05, 0.1) is 12.0 Å². The molecule has 112 valence electrons. The van der Waals surface area contributed by atoms with Crippen LogP contribution < -0.4 is 10.5 Å². The van der Waals surface area contributed by atoms with E-state index in [4.69, 9.17) is 10.5 Å². The SMILES string of the molecule is COc1cc(C)c(S(=O)(=O)N2CCC[C@@H](N)C2)c(C)c1. The summed E-state index contributed by atoms with van der Waals surface area (Å²) in [6, 6.07) is 3.44. The topological polar surface area (TPSA) is 72.6 Å². The highest BCUT2D eigenvalue weighted by Crippen LogP contribution is 2.29. The van der Waals surface area contributed by atoms with Crippen LogP contribution in [0.3, 0.4) is 0 Å². The minimum absolute atomic E-state index is 0.0719. The number of nitrogens with two attached hydrogens (primary N) is 1. The maximum atomic E-state index is 12.8. The molecule has 2 rings (SSSR count). The Morgan fingerprint density at radius 2 is 1.90 bits per heavy atom. The van der Waals surface area contributed by atoms with Gasteiger partial charge in [0.25, 0.3) is 0 Å². The van der Waals surface area contributed by atoms with Crippen LogP contribution in [0.25, 0.3) is 0 Å². The quantitative estimate of drug-likeness (QED) is 0.916. The van der Waals surface area contributed by atoms with Crippen molar-refractivity contribution < 1.29 is 13.2 Å². The molecule has 0 spiro atoms. The largest absolute Gasteiger partial charge is 0.497 e. The fourth-order valence-corrected chi connectivity index (χ4v) is 4.70. The number of nitrogens with zero attached hydrogens (tertiary/aromatic N) is 1. The van der Waals surface area contributed by atoms with E-state index in [1.807, 2.05) is 0 Å². The molecule has 1 aliphatic heterocycles. The average Bonchev–Trinajstić information content (AvgIpc) is 2.37. The van der Waals surface area contributed by atoms with Gasteiger partial charge in [-0.05, 0) is 49.9 Å². The van der Waals surface area contributed by atoms with E-state index in [1.165, 1.54) is 4.31 Å². The Morgan fingerprint density at radius 1 is 1.30 bits per heavy atom. The van der Waals surface area contributed by atoms with Crippen LogP contribution >= 0.6 is 0 Å². The Morgan fingerprint density at radius 3 is 2.40 bits per heavy atom. The lowest BCUT2D eigenvalue weighted by Crippen LogP contribution is -2.45. The highest BCUT2D eigenvalue weighted by Gasteiger charge is 2.31. The first-order chi connectivity index (χ1) is 9.36. The Balaban J connectivity index is 2.44. The lowest BCUT2D eigenvalue weighted by molar-refractivity contribution is 0.316. The van der Waals surface area contributed by atoms with Crippen LogP contribution in [0.2, 0.25) is 0 Å². The molecule has 1 saturated heterocycles. The molecular formula is C14H22N2O3S. The van der Waals surface area contributed by atoms with Crippen molar-refractivity contribution >= 4 is 10.0 Å². The molecule has 5 nitrogen and oxygen atoms in total. The number of hydrogen-bond donors (Lipinski definition) is 1. The van der Waals surface area contributed by atoms with Gasteiger partial charge in [-0.25, -0.2) is 8.42 Å². The molecule has 0 aliphatic carbocycles. The summed E-state index contributed by atoms with van der Waals surface area (Å²) < 4.78 is 32.3. The first kappa shape index (κ1) is 15.3. The van der Waals surface area contributed by atoms with Crippen LogP contribution in [-0.4, -0.2) is 39.0 Å². The van der Waals surface area contributed by atoms with E-state index in [0.717, 1.165) is 12.8 Å². The standard InChI is InChI=1S/C14H22N2O3S/c1-10-7-13(19-3)8-11(2)14(10)20(17,18)16-6-4-5-12(15)9-16/h7-8,12H,4-6,9,15H2,1-3H3/t12-/m1/s1. The number of benzene rings is 1. The van der Waals surface area contributed by atoms with Crippen molar-refractivity contribution in [1.82, 2.24) is 4.31 Å². The van der Waals surface area contributed by atoms with Crippen LogP contribution in [0, 0.1) is 13.8 Å². The number of methoxy groups -OCH3 is 1. The Bertz CT molecular complexity index is 575. The van der Waals surface area contributed by atoms with Crippen molar-refractivity contribution in [3.63, 3.8) is 0 Å². The van der Waals surface area contributed by atoms with Gasteiger partial charge >= 0.3 is 0 Å². The normalized spacial score (nSPS) is 20.9. The number of rotatable bonds is 3. The fourth-order valence-electron chi connectivity index (χ4n) is 2.76. The summed E-state index contributed by atoms with van der Waals surface area (Å²) in [6.07, 6.45) is 1.70. The zero-order valence-electron chi connectivity index (χ0n) is 12.2. The van der Waals surface area contributed by atoms with E-state index in [0.29, 0.717) is 34.9 Å². The molecule has 0 saturated carbocycles. The third-order valence-corrected chi connectivity index (χ3v) is 5.86. The van der Waals surface area contributed by atoms with Gasteiger partial charge in [-0.15, -0.1) is 0 Å². The molecule has 1 atom stereocenters. The molecule has 0 amide bonds. The Kier molecular flexibility index (Phi) is 4.36. The predicted octanol–water partition coefficient (Wildman–Crippen LogP) is 1.42. The average molecular weight is 298 g/mol. The van der Waals surface area contributed by atoms with Gasteiger partial charge in [-0.2, -0.15) is 4.31 Å². The minimum Gasteiger partial charge on any atom is -0.497 e. The van der Waals surface area contributed by atoms with Gasteiger partial charge in [0, 0.05) is 19.1 Å². The van der Waals surface area contributed by atoms with Crippen molar-refractivity contribution in [2.45, 2.75) is 37.6 Å². The first-order valence-corrected chi connectivity index (χ1v) is 8.21. The van der Waals surface area contributed by atoms with Gasteiger partial charge in [0.1, 0.15) is 5.75 Å². The molecule has 1 aliphatic rings. The number of hydrogen-bond acceptors (Lipinski definition) is 4. The summed E-state index contributed by atoms with van der Waals surface area (Å²) in [7, 11) is -1.91. The Labute approximate surface area is 120 Å². The van der Waals surface area contributed by atoms with Crippen LogP contribution in [0.4, 0.5) is 0 Å². The van der Waals surface area contributed by atoms with Crippen LogP contribution in [0.5, 0.6) is 5.75 Å². The smallest absolute Gasteiger partial charge is 0.243 e. The highest BCUT2D eigenvalue weighted by atomic mass is 32.2. The fraction of sp³-hybridized carbons (Fsp3) is 0.571. The Hall–Kier alpha value is -1.11. The lowest BCUT2D eigenvalue weighted by Gasteiger charge is -2.30. The first-order valence-electron chi connectivity index (χ1n) is 6.77. The summed E-state index contributed by atoms with van der Waals surface area (Å²) in [5.74, 6) is 0.675. The molecule has 20 heavy (non-hydrogen) atoms. The van der Waals surface area contributed by atoms with E-state index in [-0.39, 0.29) is 6.04 Å². The molecule has 0 unspecified atom stereocenters. The monoisotopic (exact) mass is 298 g/mol. The zero-order valence-corrected chi connectivity index (χ0v) is 13.0. The zero-order chi connectivity index (χ0) is 14.9. The molecular weight excluding hydrogens is 276 g/mol. The second-order valence-electron chi connectivity index (χ2n) is 5.36. The summed E-state index contributed by atoms with van der Waals surface area (Å²) in [6.45, 7) is 4.53.